The Labute approximate surface area is 179 Å². The Morgan fingerprint density at radius 3 is 2.26 bits per heavy atom. The number of aliphatic imine (C=N–C) groups is 1. The molecule has 1 fully saturated rings. The fourth-order valence-corrected chi connectivity index (χ4v) is 2.68. The van der Waals surface area contributed by atoms with Gasteiger partial charge in [-0.05, 0) is 36.6 Å². The van der Waals surface area contributed by atoms with Gasteiger partial charge in [0.2, 0.25) is 0 Å². The predicted octanol–water partition coefficient (Wildman–Crippen LogP) is 2.63. The molecular weight excluding hydrogens is 404 g/mol. The third kappa shape index (κ3) is 8.44. The molecule has 10 nitrogen and oxygen atoms in total. The van der Waals surface area contributed by atoms with Gasteiger partial charge in [0.25, 0.3) is 0 Å². The molecule has 164 valence electrons. The number of likely N-dealkylation sites (tertiary alicyclic amines) is 1. The Kier molecular flexibility index (Phi) is 8.84. The summed E-state index contributed by atoms with van der Waals surface area (Å²) < 4.78 is 5.22. The zero-order valence-corrected chi connectivity index (χ0v) is 16.7. The predicted molar refractivity (Wildman–Crippen MR) is 114 cm³/mol. The first-order chi connectivity index (χ1) is 14.8. The summed E-state index contributed by atoms with van der Waals surface area (Å²) in [6, 6.07) is 16.8. The van der Waals surface area contributed by atoms with E-state index in [2.05, 4.69) is 15.2 Å². The molecule has 0 radical (unpaired) electrons. The summed E-state index contributed by atoms with van der Waals surface area (Å²) in [5, 5.41) is 17.5. The normalized spacial score (nSPS) is 13.0. The third-order valence-corrected chi connectivity index (χ3v) is 4.16. The Bertz CT molecular complexity index is 914. The largest absolute Gasteiger partial charge is 0.473 e. The average Bonchev–Trinajstić information content (AvgIpc) is 3.29. The SMILES string of the molecule is NC(=Nc1cccc(NC(=O)OCc2ccccc2)c1)N1CCCC1.O=C(O)C(=O)O. The number of nitrogens with two attached hydrogens (primary N) is 1. The standard InChI is InChI=1S/C19H22N4O2.C2H2O4/c20-18(23-11-4-5-12-23)21-16-9-6-10-17(13-16)22-19(24)25-14-15-7-2-1-3-8-15;3-1(4)2(5)6/h1-3,6-10,13H,4-5,11-12,14H2,(H2,20,21)(H,22,24);(H,3,4)(H,5,6). The van der Waals surface area contributed by atoms with Crippen LogP contribution >= 0.6 is 0 Å². The summed E-state index contributed by atoms with van der Waals surface area (Å²) in [5.74, 6) is -3.13. The maximum Gasteiger partial charge on any atom is 0.414 e. The quantitative estimate of drug-likeness (QED) is 0.329. The van der Waals surface area contributed by atoms with E-state index in [-0.39, 0.29) is 6.61 Å². The van der Waals surface area contributed by atoms with Gasteiger partial charge in [0.05, 0.1) is 5.69 Å². The molecule has 10 heteroatoms. The summed E-state index contributed by atoms with van der Waals surface area (Å²) in [7, 11) is 0. The van der Waals surface area contributed by atoms with E-state index in [1.165, 1.54) is 0 Å². The molecule has 1 aliphatic rings. The lowest BCUT2D eigenvalue weighted by molar-refractivity contribution is -0.159. The molecule has 1 aliphatic heterocycles. The molecule has 2 aromatic carbocycles. The van der Waals surface area contributed by atoms with Crippen molar-refractivity contribution in [3.8, 4) is 0 Å². The number of hydrogen-bond donors (Lipinski definition) is 4. The first kappa shape index (κ1) is 23.2. The number of anilines is 1. The van der Waals surface area contributed by atoms with E-state index in [9.17, 15) is 4.79 Å². The lowest BCUT2D eigenvalue weighted by Gasteiger charge is -2.15. The highest BCUT2D eigenvalue weighted by molar-refractivity contribution is 6.27. The second-order valence-corrected chi connectivity index (χ2v) is 6.51. The Morgan fingerprint density at radius 2 is 1.65 bits per heavy atom. The first-order valence-electron chi connectivity index (χ1n) is 9.48. The molecule has 0 spiro atoms. The minimum absolute atomic E-state index is 0.229. The molecule has 0 atom stereocenters. The van der Waals surface area contributed by atoms with E-state index in [4.69, 9.17) is 30.3 Å². The van der Waals surface area contributed by atoms with Gasteiger partial charge in [-0.3, -0.25) is 5.32 Å². The fraction of sp³-hybridized carbons (Fsp3) is 0.238. The van der Waals surface area contributed by atoms with Crippen molar-refractivity contribution < 1.29 is 29.3 Å². The van der Waals surface area contributed by atoms with Crippen LogP contribution in [-0.4, -0.2) is 52.2 Å². The van der Waals surface area contributed by atoms with Crippen molar-refractivity contribution in [3.05, 3.63) is 60.2 Å². The Balaban J connectivity index is 0.000000501. The number of guanidine groups is 1. The second kappa shape index (κ2) is 11.8. The number of ether oxygens (including phenoxy) is 1. The van der Waals surface area contributed by atoms with Crippen LogP contribution in [-0.2, 0) is 20.9 Å². The van der Waals surface area contributed by atoms with Crippen molar-refractivity contribution >= 4 is 35.4 Å². The van der Waals surface area contributed by atoms with Gasteiger partial charge in [0.15, 0.2) is 5.96 Å². The van der Waals surface area contributed by atoms with Crippen LogP contribution in [0.4, 0.5) is 16.2 Å². The van der Waals surface area contributed by atoms with Crippen molar-refractivity contribution in [2.24, 2.45) is 10.7 Å². The van der Waals surface area contributed by atoms with Crippen LogP contribution < -0.4 is 11.1 Å². The smallest absolute Gasteiger partial charge is 0.414 e. The molecular formula is C21H24N4O6. The Morgan fingerprint density at radius 1 is 1.00 bits per heavy atom. The molecule has 0 saturated carbocycles. The molecule has 2 aromatic rings. The van der Waals surface area contributed by atoms with E-state index < -0.39 is 18.0 Å². The molecule has 1 amide bonds. The maximum absolute atomic E-state index is 11.9. The van der Waals surface area contributed by atoms with Crippen LogP contribution in [0.2, 0.25) is 0 Å². The van der Waals surface area contributed by atoms with Crippen molar-refractivity contribution in [3.63, 3.8) is 0 Å². The lowest BCUT2D eigenvalue weighted by Crippen LogP contribution is -2.34. The zero-order valence-electron chi connectivity index (χ0n) is 16.7. The number of benzene rings is 2. The monoisotopic (exact) mass is 428 g/mol. The molecule has 5 N–H and O–H groups in total. The Hall–Kier alpha value is -4.08. The molecule has 0 aliphatic carbocycles. The van der Waals surface area contributed by atoms with E-state index in [1.807, 2.05) is 42.5 Å². The van der Waals surface area contributed by atoms with Gasteiger partial charge in [-0.2, -0.15) is 0 Å². The number of hydrogen-bond acceptors (Lipinski definition) is 5. The molecule has 3 rings (SSSR count). The number of carbonyl (C=O) groups excluding carboxylic acids is 1. The van der Waals surface area contributed by atoms with Gasteiger partial charge >= 0.3 is 18.0 Å². The molecule has 1 heterocycles. The van der Waals surface area contributed by atoms with Crippen molar-refractivity contribution in [1.29, 1.82) is 0 Å². The molecule has 0 bridgehead atoms. The van der Waals surface area contributed by atoms with E-state index in [0.717, 1.165) is 31.5 Å². The second-order valence-electron chi connectivity index (χ2n) is 6.51. The average molecular weight is 428 g/mol. The van der Waals surface area contributed by atoms with Crippen LogP contribution in [0.3, 0.4) is 0 Å². The number of nitrogens with zero attached hydrogens (tertiary/aromatic N) is 2. The summed E-state index contributed by atoms with van der Waals surface area (Å²) in [6.45, 7) is 2.12. The molecule has 31 heavy (non-hydrogen) atoms. The van der Waals surface area contributed by atoms with Crippen LogP contribution in [0.1, 0.15) is 18.4 Å². The number of carbonyl (C=O) groups is 3. The van der Waals surface area contributed by atoms with E-state index in [0.29, 0.717) is 17.3 Å². The number of carboxylic acid groups (broad SMARTS) is 2. The summed E-state index contributed by atoms with van der Waals surface area (Å²) in [5.41, 5.74) is 8.30. The van der Waals surface area contributed by atoms with Crippen LogP contribution in [0.15, 0.2) is 59.6 Å². The third-order valence-electron chi connectivity index (χ3n) is 4.16. The highest BCUT2D eigenvalue weighted by atomic mass is 16.5. The number of amides is 1. The maximum atomic E-state index is 11.9. The number of nitrogens with one attached hydrogen (secondary N) is 1. The minimum Gasteiger partial charge on any atom is -0.473 e. The minimum atomic E-state index is -1.82. The van der Waals surface area contributed by atoms with Gasteiger partial charge in [0.1, 0.15) is 6.61 Å². The van der Waals surface area contributed by atoms with Crippen LogP contribution in [0.25, 0.3) is 0 Å². The van der Waals surface area contributed by atoms with Gasteiger partial charge in [-0.15, -0.1) is 0 Å². The number of aliphatic carboxylic acids is 2. The molecule has 1 saturated heterocycles. The van der Waals surface area contributed by atoms with Gasteiger partial charge < -0.3 is 25.6 Å². The zero-order chi connectivity index (χ0) is 22.6. The highest BCUT2D eigenvalue weighted by Crippen LogP contribution is 2.19. The van der Waals surface area contributed by atoms with Crippen LogP contribution in [0.5, 0.6) is 0 Å². The van der Waals surface area contributed by atoms with Crippen molar-refractivity contribution in [1.82, 2.24) is 4.90 Å². The number of carboxylic acids is 2. The fourth-order valence-electron chi connectivity index (χ4n) is 2.68. The topological polar surface area (TPSA) is 155 Å². The highest BCUT2D eigenvalue weighted by Gasteiger charge is 2.13. The summed E-state index contributed by atoms with van der Waals surface area (Å²) in [4.78, 5) is 36.6. The lowest BCUT2D eigenvalue weighted by atomic mass is 10.2. The van der Waals surface area contributed by atoms with E-state index >= 15 is 0 Å². The summed E-state index contributed by atoms with van der Waals surface area (Å²) >= 11 is 0. The van der Waals surface area contributed by atoms with Gasteiger partial charge in [0, 0.05) is 18.8 Å². The number of rotatable bonds is 4. The van der Waals surface area contributed by atoms with Crippen molar-refractivity contribution in [2.45, 2.75) is 19.4 Å². The van der Waals surface area contributed by atoms with E-state index in [1.54, 1.807) is 12.1 Å². The van der Waals surface area contributed by atoms with Crippen molar-refractivity contribution in [2.75, 3.05) is 18.4 Å². The molecule has 0 aromatic heterocycles. The first-order valence-corrected chi connectivity index (χ1v) is 9.48. The van der Waals surface area contributed by atoms with Crippen LogP contribution in [0, 0.1) is 0 Å². The molecule has 0 unspecified atom stereocenters. The van der Waals surface area contributed by atoms with Gasteiger partial charge in [-0.1, -0.05) is 36.4 Å². The summed E-state index contributed by atoms with van der Waals surface area (Å²) in [6.07, 6.45) is 1.79. The van der Waals surface area contributed by atoms with Gasteiger partial charge in [-0.25, -0.2) is 19.4 Å².